The molecule has 1 aromatic heterocycles. The van der Waals surface area contributed by atoms with Crippen LogP contribution in [-0.2, 0) is 16.1 Å². The van der Waals surface area contributed by atoms with Gasteiger partial charge >= 0.3 is 5.97 Å². The van der Waals surface area contributed by atoms with Crippen molar-refractivity contribution in [1.29, 1.82) is 0 Å². The second-order valence-electron chi connectivity index (χ2n) is 5.93. The Balaban J connectivity index is 1.52. The van der Waals surface area contributed by atoms with Gasteiger partial charge in [0.05, 0.1) is 5.92 Å². The van der Waals surface area contributed by atoms with Gasteiger partial charge in [0.2, 0.25) is 5.91 Å². The van der Waals surface area contributed by atoms with Crippen molar-refractivity contribution >= 4 is 22.8 Å². The molecule has 5 nitrogen and oxygen atoms in total. The molecule has 1 amide bonds. The first-order chi connectivity index (χ1) is 10.6. The maximum absolute atomic E-state index is 12.0. The number of carbonyl (C=O) groups is 2. The van der Waals surface area contributed by atoms with E-state index in [1.165, 1.54) is 5.39 Å². The van der Waals surface area contributed by atoms with Crippen LogP contribution >= 0.6 is 0 Å². The second kappa shape index (κ2) is 6.22. The summed E-state index contributed by atoms with van der Waals surface area (Å²) in [5, 5.41) is 13.1. The molecule has 0 aliphatic heterocycles. The fourth-order valence-corrected chi connectivity index (χ4v) is 3.19. The summed E-state index contributed by atoms with van der Waals surface area (Å²) >= 11 is 0. The molecule has 0 bridgehead atoms. The highest BCUT2D eigenvalue weighted by Gasteiger charge is 2.30. The van der Waals surface area contributed by atoms with E-state index in [2.05, 4.69) is 16.0 Å². The number of aromatic nitrogens is 1. The van der Waals surface area contributed by atoms with Gasteiger partial charge in [0.15, 0.2) is 0 Å². The van der Waals surface area contributed by atoms with E-state index in [4.69, 9.17) is 5.11 Å². The van der Waals surface area contributed by atoms with Crippen LogP contribution in [-0.4, -0.2) is 27.6 Å². The van der Waals surface area contributed by atoms with Gasteiger partial charge in [-0.3, -0.25) is 9.59 Å². The molecule has 0 radical (unpaired) electrons. The number of hydrogen-bond donors (Lipinski definition) is 2. The Labute approximate surface area is 128 Å². The van der Waals surface area contributed by atoms with E-state index < -0.39 is 5.97 Å². The Hall–Kier alpha value is -2.30. The van der Waals surface area contributed by atoms with Crippen LogP contribution in [0.25, 0.3) is 10.9 Å². The number of aliphatic carboxylic acids is 1. The Bertz CT molecular complexity index is 692. The summed E-state index contributed by atoms with van der Waals surface area (Å²) in [5.74, 6) is -1.07. The zero-order valence-electron chi connectivity index (χ0n) is 12.4. The molecule has 116 valence electrons. The third-order valence-corrected chi connectivity index (χ3v) is 4.41. The van der Waals surface area contributed by atoms with E-state index >= 15 is 0 Å². The molecule has 1 fully saturated rings. The highest BCUT2D eigenvalue weighted by molar-refractivity contribution is 5.80. The van der Waals surface area contributed by atoms with Crippen LogP contribution in [0.15, 0.2) is 36.5 Å². The molecule has 2 atom stereocenters. The van der Waals surface area contributed by atoms with Crippen molar-refractivity contribution in [2.45, 2.75) is 38.3 Å². The van der Waals surface area contributed by atoms with Crippen molar-refractivity contribution in [3.8, 4) is 0 Å². The Kier molecular flexibility index (Phi) is 4.13. The van der Waals surface area contributed by atoms with Gasteiger partial charge in [0.1, 0.15) is 0 Å². The van der Waals surface area contributed by atoms with E-state index in [1.807, 2.05) is 30.5 Å². The number of benzene rings is 1. The number of fused-ring (bicyclic) bond motifs is 1. The molecule has 0 spiro atoms. The van der Waals surface area contributed by atoms with Gasteiger partial charge < -0.3 is 15.0 Å². The number of amides is 1. The number of rotatable bonds is 5. The zero-order chi connectivity index (χ0) is 15.5. The first-order valence-electron chi connectivity index (χ1n) is 7.69. The molecule has 1 aromatic carbocycles. The Morgan fingerprint density at radius 3 is 2.82 bits per heavy atom. The van der Waals surface area contributed by atoms with Gasteiger partial charge in [-0.05, 0) is 36.8 Å². The summed E-state index contributed by atoms with van der Waals surface area (Å²) < 4.78 is 2.07. The van der Waals surface area contributed by atoms with Gasteiger partial charge in [0.25, 0.3) is 0 Å². The average Bonchev–Trinajstić information content (AvgIpc) is 3.12. The fraction of sp³-hybridized carbons (Fsp3) is 0.412. The van der Waals surface area contributed by atoms with Crippen LogP contribution in [0.5, 0.6) is 0 Å². The number of nitrogens with zero attached hydrogens (tertiary/aromatic N) is 1. The molecule has 0 unspecified atom stereocenters. The van der Waals surface area contributed by atoms with Crippen LogP contribution < -0.4 is 5.32 Å². The summed E-state index contributed by atoms with van der Waals surface area (Å²) in [7, 11) is 0. The molecule has 2 N–H and O–H groups in total. The van der Waals surface area contributed by atoms with Crippen LogP contribution in [0.2, 0.25) is 0 Å². The minimum absolute atomic E-state index is 0.00572. The number of hydrogen-bond acceptors (Lipinski definition) is 2. The monoisotopic (exact) mass is 300 g/mol. The first-order valence-corrected chi connectivity index (χ1v) is 7.69. The lowest BCUT2D eigenvalue weighted by atomic mass is 10.1. The zero-order valence-corrected chi connectivity index (χ0v) is 12.4. The van der Waals surface area contributed by atoms with Gasteiger partial charge in [-0.2, -0.15) is 0 Å². The summed E-state index contributed by atoms with van der Waals surface area (Å²) in [6.45, 7) is 0.633. The largest absolute Gasteiger partial charge is 0.481 e. The molecule has 1 saturated carbocycles. The van der Waals surface area contributed by atoms with Crippen molar-refractivity contribution in [3.63, 3.8) is 0 Å². The van der Waals surface area contributed by atoms with Gasteiger partial charge in [-0.1, -0.05) is 18.2 Å². The lowest BCUT2D eigenvalue weighted by Crippen LogP contribution is -2.33. The van der Waals surface area contributed by atoms with Crippen molar-refractivity contribution < 1.29 is 14.7 Å². The lowest BCUT2D eigenvalue weighted by molar-refractivity contribution is -0.141. The summed E-state index contributed by atoms with van der Waals surface area (Å²) in [4.78, 5) is 23.0. The molecule has 1 aliphatic carbocycles. The normalized spacial score (nSPS) is 21.1. The summed E-state index contributed by atoms with van der Waals surface area (Å²) in [6.07, 6.45) is 4.37. The van der Waals surface area contributed by atoms with Crippen LogP contribution in [0, 0.1) is 5.92 Å². The maximum atomic E-state index is 12.0. The third-order valence-electron chi connectivity index (χ3n) is 4.41. The number of aryl methyl sites for hydroxylation is 1. The van der Waals surface area contributed by atoms with Crippen molar-refractivity contribution in [1.82, 2.24) is 9.88 Å². The first kappa shape index (κ1) is 14.6. The van der Waals surface area contributed by atoms with E-state index in [1.54, 1.807) is 0 Å². The van der Waals surface area contributed by atoms with Crippen LogP contribution in [0.3, 0.4) is 0 Å². The molecule has 5 heteroatoms. The highest BCUT2D eigenvalue weighted by Crippen LogP contribution is 2.25. The van der Waals surface area contributed by atoms with Crippen molar-refractivity contribution in [3.05, 3.63) is 36.5 Å². The Morgan fingerprint density at radius 1 is 1.23 bits per heavy atom. The summed E-state index contributed by atoms with van der Waals surface area (Å²) in [5.41, 5.74) is 1.13. The third kappa shape index (κ3) is 3.13. The highest BCUT2D eigenvalue weighted by atomic mass is 16.4. The maximum Gasteiger partial charge on any atom is 0.306 e. The number of carboxylic acid groups (broad SMARTS) is 1. The number of carboxylic acids is 1. The predicted octanol–water partition coefficient (Wildman–Crippen LogP) is 2.40. The molecule has 22 heavy (non-hydrogen) atoms. The quantitative estimate of drug-likeness (QED) is 0.890. The average molecular weight is 300 g/mol. The minimum atomic E-state index is -0.754. The number of nitrogens with one attached hydrogen (secondary N) is 1. The lowest BCUT2D eigenvalue weighted by Gasteiger charge is -2.13. The van der Waals surface area contributed by atoms with Gasteiger partial charge in [0, 0.05) is 30.7 Å². The smallest absolute Gasteiger partial charge is 0.306 e. The van der Waals surface area contributed by atoms with Crippen LogP contribution in [0.1, 0.15) is 25.7 Å². The topological polar surface area (TPSA) is 71.3 Å². The molecule has 1 aliphatic rings. The van der Waals surface area contributed by atoms with Crippen LogP contribution in [0.4, 0.5) is 0 Å². The standard InChI is InChI=1S/C17H20N2O3/c20-16(18-14-6-5-13(11-14)17(21)22)8-10-19-9-7-12-3-1-2-4-15(12)19/h1-4,7,9,13-14H,5-6,8,10-11H2,(H,18,20)(H,21,22)/t13-,14+/m0/s1. The predicted molar refractivity (Wildman–Crippen MR) is 83.5 cm³/mol. The molecule has 1 heterocycles. The Morgan fingerprint density at radius 2 is 2.05 bits per heavy atom. The molecular weight excluding hydrogens is 280 g/mol. The molecular formula is C17H20N2O3. The fourth-order valence-electron chi connectivity index (χ4n) is 3.19. The van der Waals surface area contributed by atoms with E-state index in [-0.39, 0.29) is 17.9 Å². The molecule has 3 rings (SSSR count). The van der Waals surface area contributed by atoms with E-state index in [0.29, 0.717) is 25.8 Å². The van der Waals surface area contributed by atoms with E-state index in [0.717, 1.165) is 11.9 Å². The SMILES string of the molecule is O=C(CCn1ccc2ccccc21)N[C@@H]1CC[C@H](C(=O)O)C1. The van der Waals surface area contributed by atoms with E-state index in [9.17, 15) is 9.59 Å². The molecule has 0 saturated heterocycles. The molecule has 2 aromatic rings. The number of para-hydroxylation sites is 1. The van der Waals surface area contributed by atoms with Gasteiger partial charge in [-0.25, -0.2) is 0 Å². The van der Waals surface area contributed by atoms with Gasteiger partial charge in [-0.15, -0.1) is 0 Å². The van der Waals surface area contributed by atoms with Crippen molar-refractivity contribution in [2.24, 2.45) is 5.92 Å². The van der Waals surface area contributed by atoms with Crippen molar-refractivity contribution in [2.75, 3.05) is 0 Å². The second-order valence-corrected chi connectivity index (χ2v) is 5.93. The minimum Gasteiger partial charge on any atom is -0.481 e. The summed E-state index contributed by atoms with van der Waals surface area (Å²) in [6, 6.07) is 10.1. The number of carbonyl (C=O) groups excluding carboxylic acids is 1.